The van der Waals surface area contributed by atoms with E-state index in [4.69, 9.17) is 4.74 Å². The topological polar surface area (TPSA) is 136 Å². The third kappa shape index (κ3) is 6.11. The molecule has 2 aliphatic carbocycles. The van der Waals surface area contributed by atoms with Gasteiger partial charge in [0.2, 0.25) is 11.8 Å². The van der Waals surface area contributed by atoms with Gasteiger partial charge in [-0.1, -0.05) is 108 Å². The van der Waals surface area contributed by atoms with E-state index in [2.05, 4.69) is 5.43 Å². The number of hydrazine groups is 1. The van der Waals surface area contributed by atoms with Crippen LogP contribution in [0.25, 0.3) is 0 Å². The monoisotopic (exact) mass is 773 g/mol. The molecule has 6 atom stereocenters. The van der Waals surface area contributed by atoms with Crippen LogP contribution in [0.5, 0.6) is 17.2 Å². The molecule has 0 radical (unpaired) electrons. The summed E-state index contributed by atoms with van der Waals surface area (Å²) >= 11 is 0. The predicted molar refractivity (Wildman–Crippen MR) is 216 cm³/mol. The number of likely N-dealkylation sites (tertiary alicyclic amines) is 1. The summed E-state index contributed by atoms with van der Waals surface area (Å²) in [6.45, 7) is 2.41. The van der Waals surface area contributed by atoms with E-state index < -0.39 is 46.8 Å². The average Bonchev–Trinajstić information content (AvgIpc) is 3.61. The molecule has 5 aromatic carbocycles. The zero-order chi connectivity index (χ0) is 40.1. The number of nitrogens with zero attached hydrogens (tertiary/aromatic N) is 2. The molecule has 10 nitrogen and oxygen atoms in total. The number of imide groups is 2. The molecular weight excluding hydrogens is 731 g/mol. The van der Waals surface area contributed by atoms with Crippen LogP contribution in [-0.4, -0.2) is 50.3 Å². The van der Waals surface area contributed by atoms with E-state index in [9.17, 15) is 24.6 Å². The van der Waals surface area contributed by atoms with Crippen molar-refractivity contribution < 1.29 is 34.1 Å². The summed E-state index contributed by atoms with van der Waals surface area (Å²) in [6.07, 6.45) is 2.83. The highest BCUT2D eigenvalue weighted by molar-refractivity contribution is 6.13. The molecule has 3 N–H and O–H groups in total. The van der Waals surface area contributed by atoms with Crippen LogP contribution in [0, 0.1) is 30.6 Å². The van der Waals surface area contributed by atoms with Gasteiger partial charge in [0.25, 0.3) is 11.8 Å². The lowest BCUT2D eigenvalue weighted by Gasteiger charge is -2.50. The number of phenols is 2. The van der Waals surface area contributed by atoms with Gasteiger partial charge in [-0.3, -0.25) is 29.5 Å². The van der Waals surface area contributed by atoms with Gasteiger partial charge in [-0.15, -0.1) is 0 Å². The molecule has 0 unspecified atom stereocenters. The van der Waals surface area contributed by atoms with Crippen LogP contribution in [0.2, 0.25) is 0 Å². The minimum atomic E-state index is -1.51. The second kappa shape index (κ2) is 14.7. The summed E-state index contributed by atoms with van der Waals surface area (Å²) in [6, 6.07) is 38.1. The maximum atomic E-state index is 15.4. The van der Waals surface area contributed by atoms with Crippen molar-refractivity contribution >= 4 is 29.3 Å². The van der Waals surface area contributed by atoms with Gasteiger partial charge in [-0.2, -0.15) is 5.01 Å². The summed E-state index contributed by atoms with van der Waals surface area (Å²) in [5.41, 5.74) is 6.82. The van der Waals surface area contributed by atoms with Gasteiger partial charge >= 0.3 is 0 Å². The van der Waals surface area contributed by atoms with Gasteiger partial charge in [0.05, 0.1) is 28.9 Å². The van der Waals surface area contributed by atoms with Crippen LogP contribution >= 0.6 is 0 Å². The largest absolute Gasteiger partial charge is 0.508 e. The van der Waals surface area contributed by atoms with Crippen LogP contribution in [0.1, 0.15) is 46.6 Å². The fourth-order valence-corrected chi connectivity index (χ4v) is 9.88. The van der Waals surface area contributed by atoms with E-state index in [1.807, 2.05) is 97.9 Å². The summed E-state index contributed by atoms with van der Waals surface area (Å²) < 4.78 is 6.09. The molecule has 58 heavy (non-hydrogen) atoms. The molecule has 5 aromatic rings. The smallest absolute Gasteiger partial charge is 0.260 e. The molecule has 2 heterocycles. The zero-order valence-electron chi connectivity index (χ0n) is 32.0. The lowest BCUT2D eigenvalue weighted by molar-refractivity contribution is -0.141. The Bertz CT molecular complexity index is 2430. The summed E-state index contributed by atoms with van der Waals surface area (Å²) in [5, 5.41) is 22.9. The number of aryl methyl sites for hydroxylation is 1. The summed E-state index contributed by atoms with van der Waals surface area (Å²) in [7, 11) is 0. The van der Waals surface area contributed by atoms with E-state index in [0.717, 1.165) is 27.3 Å². The van der Waals surface area contributed by atoms with Crippen LogP contribution in [0.15, 0.2) is 139 Å². The van der Waals surface area contributed by atoms with Crippen molar-refractivity contribution in [3.63, 3.8) is 0 Å². The Balaban J connectivity index is 1.15. The SMILES string of the molecule is Cc1ccc(NN2C(=O)[C@@H]3C[C@@H]4C(=CC[C@@H]5C(=O)N(CCc6ccc(O)cc6)C(=O)[C@@H]54)[C@H](c4ccc(OCc5ccccc5)cc4O)[C@]3(c3ccccc3)C2=O)cc1. The summed E-state index contributed by atoms with van der Waals surface area (Å²) in [4.78, 5) is 60.3. The molecule has 0 spiro atoms. The number of carbonyl (C=O) groups is 4. The number of aromatic hydroxyl groups is 2. The second-order valence-electron chi connectivity index (χ2n) is 15.8. The van der Waals surface area contributed by atoms with E-state index in [-0.39, 0.29) is 49.3 Å². The van der Waals surface area contributed by atoms with Crippen LogP contribution in [0.4, 0.5) is 5.69 Å². The average molecular weight is 774 g/mol. The molecule has 9 rings (SSSR count). The van der Waals surface area contributed by atoms with Crippen molar-refractivity contribution in [2.45, 2.75) is 44.1 Å². The number of phenolic OH excluding ortho intramolecular Hbond substituents is 2. The standard InChI is InChI=1S/C48H43N3O7/c1-29-12-16-33(17-13-29)49-51-45(55)40-27-39-36(22-23-38-42(39)46(56)50(44(38)54)25-24-30-14-18-34(52)19-15-30)43(48(40,47(51)57)32-10-6-3-7-11-32)37-21-20-35(26-41(37)53)58-28-31-8-4-2-5-9-31/h2-22,26,38-40,42-43,49,52-53H,23-25,27-28H2,1H3/t38-,39+,40-,42-,43+,48+/m0/s1. The Morgan fingerprint density at radius 1 is 0.759 bits per heavy atom. The number of fused-ring (bicyclic) bond motifs is 4. The third-order valence-electron chi connectivity index (χ3n) is 12.6. The number of anilines is 1. The second-order valence-corrected chi connectivity index (χ2v) is 15.8. The Morgan fingerprint density at radius 2 is 1.47 bits per heavy atom. The van der Waals surface area contributed by atoms with Crippen molar-refractivity contribution in [2.24, 2.45) is 23.7 Å². The zero-order valence-corrected chi connectivity index (χ0v) is 32.0. The Hall–Kier alpha value is -6.68. The number of carbonyl (C=O) groups excluding carboxylic acids is 4. The molecule has 2 saturated heterocycles. The van der Waals surface area contributed by atoms with Crippen LogP contribution < -0.4 is 10.2 Å². The van der Waals surface area contributed by atoms with Crippen molar-refractivity contribution in [2.75, 3.05) is 12.0 Å². The van der Waals surface area contributed by atoms with Crippen molar-refractivity contribution in [3.05, 3.63) is 167 Å². The van der Waals surface area contributed by atoms with Crippen molar-refractivity contribution in [1.29, 1.82) is 0 Å². The lowest BCUT2D eigenvalue weighted by Crippen LogP contribution is -2.53. The maximum absolute atomic E-state index is 15.4. The Morgan fingerprint density at radius 3 is 2.17 bits per heavy atom. The Labute approximate surface area is 336 Å². The number of rotatable bonds is 10. The van der Waals surface area contributed by atoms with Crippen molar-refractivity contribution in [1.82, 2.24) is 9.91 Å². The highest BCUT2D eigenvalue weighted by Gasteiger charge is 2.70. The quantitative estimate of drug-likeness (QED) is 0.100. The molecule has 3 fully saturated rings. The third-order valence-corrected chi connectivity index (χ3v) is 12.6. The first kappa shape index (κ1) is 36.9. The van der Waals surface area contributed by atoms with Gasteiger partial charge < -0.3 is 14.9 Å². The number of allylic oxidation sites excluding steroid dienone is 2. The molecule has 4 aliphatic rings. The first-order chi connectivity index (χ1) is 28.1. The molecule has 0 aromatic heterocycles. The molecule has 10 heteroatoms. The predicted octanol–water partition coefficient (Wildman–Crippen LogP) is 7.21. The number of benzene rings is 5. The highest BCUT2D eigenvalue weighted by Crippen LogP contribution is 2.65. The van der Waals surface area contributed by atoms with Gasteiger partial charge in [0, 0.05) is 24.1 Å². The van der Waals surface area contributed by atoms with Crippen LogP contribution in [0.3, 0.4) is 0 Å². The van der Waals surface area contributed by atoms with Gasteiger partial charge in [-0.25, -0.2) is 0 Å². The number of nitrogens with one attached hydrogen (secondary N) is 1. The first-order valence-corrected chi connectivity index (χ1v) is 19.7. The number of hydrogen-bond donors (Lipinski definition) is 3. The maximum Gasteiger partial charge on any atom is 0.260 e. The van der Waals surface area contributed by atoms with Crippen molar-refractivity contribution in [3.8, 4) is 17.2 Å². The number of hydrogen-bond acceptors (Lipinski definition) is 8. The number of ether oxygens (including phenoxy) is 1. The Kier molecular flexibility index (Phi) is 9.35. The highest BCUT2D eigenvalue weighted by atomic mass is 16.5. The molecular formula is C48H43N3O7. The molecule has 2 aliphatic heterocycles. The fourth-order valence-electron chi connectivity index (χ4n) is 9.88. The van der Waals surface area contributed by atoms with E-state index in [1.54, 1.807) is 42.5 Å². The molecule has 4 amide bonds. The van der Waals surface area contributed by atoms with Crippen LogP contribution in [-0.2, 0) is 37.6 Å². The number of amides is 4. The first-order valence-electron chi connectivity index (χ1n) is 19.7. The lowest BCUT2D eigenvalue weighted by atomic mass is 9.49. The molecule has 0 bridgehead atoms. The minimum absolute atomic E-state index is 0.108. The molecule has 292 valence electrons. The van der Waals surface area contributed by atoms with Gasteiger partial charge in [-0.05, 0) is 79.1 Å². The van der Waals surface area contributed by atoms with E-state index in [0.29, 0.717) is 29.0 Å². The fraction of sp³-hybridized carbons (Fsp3) is 0.250. The minimum Gasteiger partial charge on any atom is -0.508 e. The van der Waals surface area contributed by atoms with Gasteiger partial charge in [0.1, 0.15) is 23.9 Å². The normalized spacial score (nSPS) is 24.9. The summed E-state index contributed by atoms with van der Waals surface area (Å²) in [5.74, 6) is -4.76. The molecule has 1 saturated carbocycles. The van der Waals surface area contributed by atoms with Gasteiger partial charge in [0.15, 0.2) is 0 Å². The van der Waals surface area contributed by atoms with E-state index >= 15 is 4.79 Å². The van der Waals surface area contributed by atoms with E-state index in [1.165, 1.54) is 4.90 Å².